The van der Waals surface area contributed by atoms with Crippen molar-refractivity contribution in [2.45, 2.75) is 12.1 Å². The molecule has 8 nitrogen and oxygen atoms in total. The zero-order valence-corrected chi connectivity index (χ0v) is 19.1. The number of nitrogens with zero attached hydrogens (tertiary/aromatic N) is 3. The van der Waals surface area contributed by atoms with Crippen LogP contribution < -0.4 is 14.8 Å². The number of anilines is 2. The van der Waals surface area contributed by atoms with Gasteiger partial charge < -0.3 is 24.3 Å². The first-order chi connectivity index (χ1) is 16.5. The lowest BCUT2D eigenvalue weighted by Gasteiger charge is -2.43. The zero-order valence-electron chi connectivity index (χ0n) is 18.4. The average Bonchev–Trinajstić information content (AvgIpc) is 2.87. The van der Waals surface area contributed by atoms with E-state index < -0.39 is 16.7 Å². The van der Waals surface area contributed by atoms with Gasteiger partial charge in [0.2, 0.25) is 0 Å². The van der Waals surface area contributed by atoms with Crippen LogP contribution in [0, 0.1) is 11.6 Å². The molecule has 2 aromatic carbocycles. The van der Waals surface area contributed by atoms with Crippen molar-refractivity contribution in [3.63, 3.8) is 0 Å². The summed E-state index contributed by atoms with van der Waals surface area (Å²) in [4.78, 5) is 10.9. The smallest absolute Gasteiger partial charge is 0.168 e. The molecule has 2 saturated heterocycles. The summed E-state index contributed by atoms with van der Waals surface area (Å²) < 4.78 is 51.1. The van der Waals surface area contributed by atoms with Crippen LogP contribution in [0.5, 0.6) is 11.5 Å². The highest BCUT2D eigenvalue weighted by atomic mass is 35.5. The molecule has 34 heavy (non-hydrogen) atoms. The number of rotatable bonds is 6. The summed E-state index contributed by atoms with van der Waals surface area (Å²) in [7, 11) is 1.53. The molecule has 1 unspecified atom stereocenters. The fraction of sp³-hybridized carbons (Fsp3) is 0.391. The number of benzene rings is 2. The number of hydrogen-bond acceptors (Lipinski definition) is 8. The highest BCUT2D eigenvalue weighted by Gasteiger charge is 2.35. The fourth-order valence-electron chi connectivity index (χ4n) is 4.23. The zero-order chi connectivity index (χ0) is 23.7. The number of nitrogens with one attached hydrogen (secondary N) is 1. The lowest BCUT2D eigenvalue weighted by Crippen LogP contribution is -2.58. The minimum atomic E-state index is -0.909. The lowest BCUT2D eigenvalue weighted by molar-refractivity contribution is -0.135. The van der Waals surface area contributed by atoms with Gasteiger partial charge in [-0.05, 0) is 18.2 Å². The van der Waals surface area contributed by atoms with E-state index in [-0.39, 0.29) is 17.8 Å². The largest absolute Gasteiger partial charge is 0.493 e. The second kappa shape index (κ2) is 9.83. The summed E-state index contributed by atoms with van der Waals surface area (Å²) in [6.07, 6.45) is 1.20. The van der Waals surface area contributed by atoms with Crippen molar-refractivity contribution in [3.8, 4) is 11.5 Å². The molecule has 5 rings (SSSR count). The summed E-state index contributed by atoms with van der Waals surface area (Å²) in [6.45, 7) is 4.07. The van der Waals surface area contributed by atoms with Gasteiger partial charge in [0, 0.05) is 24.5 Å². The van der Waals surface area contributed by atoms with Gasteiger partial charge in [0.15, 0.2) is 17.3 Å². The van der Waals surface area contributed by atoms with E-state index in [4.69, 9.17) is 30.5 Å². The Kier molecular flexibility index (Phi) is 6.64. The van der Waals surface area contributed by atoms with Crippen LogP contribution in [0.3, 0.4) is 0 Å². The number of ether oxygens (including phenoxy) is 4. The molecule has 1 N–H and O–H groups in total. The molecule has 3 heterocycles. The van der Waals surface area contributed by atoms with Crippen molar-refractivity contribution in [3.05, 3.63) is 47.2 Å². The van der Waals surface area contributed by atoms with Crippen LogP contribution in [0.2, 0.25) is 5.02 Å². The van der Waals surface area contributed by atoms with Crippen LogP contribution in [0.15, 0.2) is 30.6 Å². The van der Waals surface area contributed by atoms with Crippen molar-refractivity contribution in [2.75, 3.05) is 51.9 Å². The molecule has 1 aromatic heterocycles. The number of methoxy groups -OCH3 is 1. The van der Waals surface area contributed by atoms with Crippen LogP contribution in [0.4, 0.5) is 20.3 Å². The van der Waals surface area contributed by atoms with Crippen LogP contribution >= 0.6 is 11.6 Å². The monoisotopic (exact) mass is 492 g/mol. The summed E-state index contributed by atoms with van der Waals surface area (Å²) in [6, 6.07) is 5.90. The quantitative estimate of drug-likeness (QED) is 0.521. The van der Waals surface area contributed by atoms with Crippen molar-refractivity contribution >= 4 is 34.0 Å². The van der Waals surface area contributed by atoms with Crippen LogP contribution in [0.25, 0.3) is 10.9 Å². The molecule has 0 aliphatic carbocycles. The standard InChI is InChI=1S/C23H23ClF2N4O4/c1-31-18-8-13-16(27-12-28-23(13)29-15-3-2-14(25)21(24)22(15)26)9-19(18)34-11-20-17-10-32-6-4-30(17)5-7-33-20/h2-3,8-9,12,17,20H,4-7,10-11H2,1H3,(H,27,28,29)/t17-,20?/m0/s1. The third-order valence-electron chi connectivity index (χ3n) is 6.03. The van der Waals surface area contributed by atoms with E-state index >= 15 is 0 Å². The predicted octanol–water partition coefficient (Wildman–Crippen LogP) is 3.79. The average molecular weight is 493 g/mol. The van der Waals surface area contributed by atoms with Gasteiger partial charge in [0.25, 0.3) is 0 Å². The Morgan fingerprint density at radius 1 is 1.18 bits per heavy atom. The van der Waals surface area contributed by atoms with Crippen LogP contribution in [0.1, 0.15) is 0 Å². The molecule has 0 saturated carbocycles. The molecular weight excluding hydrogens is 470 g/mol. The Balaban J connectivity index is 1.40. The Morgan fingerprint density at radius 2 is 2.03 bits per heavy atom. The second-order valence-corrected chi connectivity index (χ2v) is 8.37. The number of halogens is 3. The van der Waals surface area contributed by atoms with Crippen LogP contribution in [-0.4, -0.2) is 73.6 Å². The number of morpholine rings is 2. The van der Waals surface area contributed by atoms with Gasteiger partial charge in [-0.2, -0.15) is 0 Å². The second-order valence-electron chi connectivity index (χ2n) is 7.99. The Bertz CT molecular complexity index is 1200. The van der Waals surface area contributed by atoms with Crippen molar-refractivity contribution in [1.29, 1.82) is 0 Å². The molecule has 0 radical (unpaired) electrons. The highest BCUT2D eigenvalue weighted by molar-refractivity contribution is 6.31. The summed E-state index contributed by atoms with van der Waals surface area (Å²) in [5.41, 5.74) is 0.536. The van der Waals surface area contributed by atoms with Crippen molar-refractivity contribution in [2.24, 2.45) is 0 Å². The topological polar surface area (TPSA) is 78.0 Å². The number of aromatic nitrogens is 2. The van der Waals surface area contributed by atoms with Gasteiger partial charge in [-0.3, -0.25) is 4.90 Å². The van der Waals surface area contributed by atoms with E-state index in [1.165, 1.54) is 19.5 Å². The normalized spacial score (nSPS) is 20.7. The van der Waals surface area contributed by atoms with E-state index in [1.54, 1.807) is 12.1 Å². The van der Waals surface area contributed by atoms with E-state index in [0.29, 0.717) is 48.0 Å². The van der Waals surface area contributed by atoms with Crippen molar-refractivity contribution < 1.29 is 27.7 Å². The molecule has 2 atom stereocenters. The van der Waals surface area contributed by atoms with Gasteiger partial charge in [0.05, 0.1) is 44.2 Å². The Labute approximate surface area is 199 Å². The SMILES string of the molecule is COc1cc2c(Nc3ccc(F)c(Cl)c3F)ncnc2cc1OCC1OCCN2CCOC[C@@H]12. The highest BCUT2D eigenvalue weighted by Crippen LogP contribution is 2.36. The van der Waals surface area contributed by atoms with Gasteiger partial charge in [-0.25, -0.2) is 18.7 Å². The van der Waals surface area contributed by atoms with Crippen molar-refractivity contribution in [1.82, 2.24) is 14.9 Å². The van der Waals surface area contributed by atoms with Gasteiger partial charge >= 0.3 is 0 Å². The molecule has 0 bridgehead atoms. The van der Waals surface area contributed by atoms with E-state index in [0.717, 1.165) is 25.8 Å². The molecule has 0 spiro atoms. The van der Waals surface area contributed by atoms with E-state index in [2.05, 4.69) is 20.2 Å². The maximum atomic E-state index is 14.4. The van der Waals surface area contributed by atoms with E-state index in [1.807, 2.05) is 0 Å². The summed E-state index contributed by atoms with van der Waals surface area (Å²) >= 11 is 5.70. The summed E-state index contributed by atoms with van der Waals surface area (Å²) in [5, 5.41) is 2.82. The molecule has 11 heteroatoms. The maximum Gasteiger partial charge on any atom is 0.168 e. The van der Waals surface area contributed by atoms with Gasteiger partial charge in [0.1, 0.15) is 35.7 Å². The number of hydrogen-bond donors (Lipinski definition) is 1. The molecular formula is C23H23ClF2N4O4. The molecule has 2 aliphatic heterocycles. The molecule has 180 valence electrons. The predicted molar refractivity (Wildman–Crippen MR) is 122 cm³/mol. The lowest BCUT2D eigenvalue weighted by atomic mass is 10.1. The molecule has 2 fully saturated rings. The minimum Gasteiger partial charge on any atom is -0.493 e. The first kappa shape index (κ1) is 23.0. The van der Waals surface area contributed by atoms with E-state index in [9.17, 15) is 8.78 Å². The maximum absolute atomic E-state index is 14.4. The third-order valence-corrected chi connectivity index (χ3v) is 6.38. The summed E-state index contributed by atoms with van der Waals surface area (Å²) in [5.74, 6) is -0.496. The third kappa shape index (κ3) is 4.46. The number of fused-ring (bicyclic) bond motifs is 2. The van der Waals surface area contributed by atoms with Gasteiger partial charge in [-0.1, -0.05) is 11.6 Å². The Morgan fingerprint density at radius 3 is 2.88 bits per heavy atom. The molecule has 2 aliphatic rings. The molecule has 0 amide bonds. The van der Waals surface area contributed by atoms with Gasteiger partial charge in [-0.15, -0.1) is 0 Å². The molecule has 3 aromatic rings. The first-order valence-corrected chi connectivity index (χ1v) is 11.2. The van der Waals surface area contributed by atoms with Crippen LogP contribution in [-0.2, 0) is 9.47 Å². The first-order valence-electron chi connectivity index (χ1n) is 10.8. The minimum absolute atomic E-state index is 0.0144. The Hall–Kier alpha value is -2.79. The fourth-order valence-corrected chi connectivity index (χ4v) is 4.39.